The van der Waals surface area contributed by atoms with Gasteiger partial charge in [0.1, 0.15) is 24.7 Å². The number of carboxylic acids is 2. The van der Waals surface area contributed by atoms with Crippen molar-refractivity contribution in [1.29, 1.82) is 0 Å². The van der Waals surface area contributed by atoms with Gasteiger partial charge in [0.15, 0.2) is 0 Å². The van der Waals surface area contributed by atoms with Crippen molar-refractivity contribution in [2.75, 3.05) is 19.4 Å². The first kappa shape index (κ1) is 43.4. The largest absolute Gasteiger partial charge is 0.481 e. The zero-order valence-corrected chi connectivity index (χ0v) is 31.6. The maximum Gasteiger partial charge on any atom is 0.408 e. The summed E-state index contributed by atoms with van der Waals surface area (Å²) in [5.41, 5.74) is 2.44. The smallest absolute Gasteiger partial charge is 0.408 e. The normalized spacial score (nSPS) is 14.6. The lowest BCUT2D eigenvalue weighted by Gasteiger charge is -2.29. The van der Waals surface area contributed by atoms with Gasteiger partial charge >= 0.3 is 25.6 Å². The Labute approximate surface area is 313 Å². The molecule has 54 heavy (non-hydrogen) atoms. The molecule has 0 fully saturated rings. The number of carboxylic acid groups (broad SMARTS) is 2. The van der Waals surface area contributed by atoms with E-state index in [0.29, 0.717) is 18.4 Å². The molecule has 0 saturated carbocycles. The molecule has 0 spiro atoms. The molecule has 4 amide bonds. The molecule has 3 unspecified atom stereocenters. The van der Waals surface area contributed by atoms with E-state index in [0.717, 1.165) is 11.1 Å². The van der Waals surface area contributed by atoms with E-state index in [1.165, 1.54) is 6.08 Å². The molecule has 0 heterocycles. The van der Waals surface area contributed by atoms with Gasteiger partial charge in [0.05, 0.1) is 32.2 Å². The van der Waals surface area contributed by atoms with Gasteiger partial charge in [-0.2, -0.15) is 0 Å². The average Bonchev–Trinajstić information content (AvgIpc) is 3.54. The van der Waals surface area contributed by atoms with Gasteiger partial charge in [0.25, 0.3) is 0 Å². The molecule has 3 rings (SSSR count). The minimum absolute atomic E-state index is 0.0719. The Kier molecular flexibility index (Phi) is 16.9. The van der Waals surface area contributed by atoms with Crippen molar-refractivity contribution in [3.63, 3.8) is 0 Å². The number of amides is 4. The highest BCUT2D eigenvalue weighted by Gasteiger charge is 2.38. The highest BCUT2D eigenvalue weighted by molar-refractivity contribution is 7.54. The first-order chi connectivity index (χ1) is 25.6. The molecule has 294 valence electrons. The van der Waals surface area contributed by atoms with E-state index in [-0.39, 0.29) is 31.7 Å². The van der Waals surface area contributed by atoms with E-state index >= 15 is 0 Å². The monoisotopic (exact) mass is 772 g/mol. The van der Waals surface area contributed by atoms with Crippen LogP contribution in [0.2, 0.25) is 0 Å². The molecule has 3 atom stereocenters. The summed E-state index contributed by atoms with van der Waals surface area (Å²) in [6.45, 7) is 6.54. The summed E-state index contributed by atoms with van der Waals surface area (Å²) in [5, 5.41) is 29.2. The molecule has 0 aromatic heterocycles. The highest BCUT2D eigenvalue weighted by atomic mass is 31.2. The second kappa shape index (κ2) is 21.0. The van der Waals surface area contributed by atoms with Crippen molar-refractivity contribution < 1.29 is 57.3 Å². The fraction of sp³-hybridized carbons (Fsp3) is 0.459. The Bertz CT molecular complexity index is 1680. The molecule has 16 nitrogen and oxygen atoms in total. The summed E-state index contributed by atoms with van der Waals surface area (Å²) >= 11 is 0. The third-order valence-electron chi connectivity index (χ3n) is 8.42. The van der Waals surface area contributed by atoms with Gasteiger partial charge in [0, 0.05) is 5.70 Å². The van der Waals surface area contributed by atoms with Crippen LogP contribution >= 0.6 is 7.60 Å². The van der Waals surface area contributed by atoms with Gasteiger partial charge < -0.3 is 45.3 Å². The molecule has 0 radical (unpaired) electrons. The quantitative estimate of drug-likeness (QED) is 0.100. The lowest BCUT2D eigenvalue weighted by molar-refractivity contribution is -0.140. The molecule has 17 heteroatoms. The number of nitrogens with one attached hydrogen (secondary N) is 4. The first-order valence-corrected chi connectivity index (χ1v) is 19.3. The molecule has 0 bridgehead atoms. The SMILES string of the molecule is CCOP(=O)(C/C=C(\CC(=O)O)NC(=O)C(NC(=O)C(NC(=O)C(CC(=O)O)NC(=O)OCc1ccccc1)C1Cc2ccccc2C1)C(C)C)OCC. The Morgan fingerprint density at radius 1 is 0.815 bits per heavy atom. The van der Waals surface area contributed by atoms with Gasteiger partial charge in [-0.3, -0.25) is 28.5 Å². The highest BCUT2D eigenvalue weighted by Crippen LogP contribution is 2.48. The van der Waals surface area contributed by atoms with Crippen LogP contribution in [0.25, 0.3) is 0 Å². The zero-order chi connectivity index (χ0) is 39.8. The van der Waals surface area contributed by atoms with Gasteiger partial charge in [0.2, 0.25) is 17.7 Å². The Balaban J connectivity index is 1.84. The lowest BCUT2D eigenvalue weighted by atomic mass is 9.94. The van der Waals surface area contributed by atoms with Crippen LogP contribution in [-0.4, -0.2) is 83.5 Å². The predicted molar refractivity (Wildman–Crippen MR) is 196 cm³/mol. The lowest BCUT2D eigenvalue weighted by Crippen LogP contribution is -2.60. The van der Waals surface area contributed by atoms with Crippen LogP contribution in [0.15, 0.2) is 66.4 Å². The molecule has 1 aliphatic carbocycles. The van der Waals surface area contributed by atoms with Crippen LogP contribution in [0.5, 0.6) is 0 Å². The predicted octanol–water partition coefficient (Wildman–Crippen LogP) is 3.54. The second-order valence-electron chi connectivity index (χ2n) is 12.9. The van der Waals surface area contributed by atoms with Gasteiger partial charge in [-0.25, -0.2) is 4.79 Å². The fourth-order valence-corrected chi connectivity index (χ4v) is 7.39. The van der Waals surface area contributed by atoms with Crippen LogP contribution in [0, 0.1) is 11.8 Å². The molecule has 0 aliphatic heterocycles. The standard InChI is InChI=1S/C37H49N4O12P/c1-5-52-54(50,53-6-2)17-16-28(20-30(42)43)38-35(47)32(23(3)4)40-36(48)33(27-18-25-14-10-11-15-26(25)19-27)41-34(46)29(21-31(44)45)39-37(49)51-22-24-12-8-7-9-13-24/h7-16,23,27,29,32-33H,5-6,17-22H2,1-4H3,(H,38,47)(H,39,49)(H,40,48)(H,41,46)(H,42,43)(H,44,45)/b28-16+. The van der Waals surface area contributed by atoms with Crippen molar-refractivity contribution >= 4 is 43.3 Å². The van der Waals surface area contributed by atoms with Crippen LogP contribution in [0.1, 0.15) is 57.2 Å². The molecule has 0 saturated heterocycles. The number of fused-ring (bicyclic) bond motifs is 1. The van der Waals surface area contributed by atoms with Crippen molar-refractivity contribution in [2.45, 2.75) is 78.1 Å². The Hall–Kier alpha value is -5.05. The number of ether oxygens (including phenoxy) is 1. The molecule has 1 aliphatic rings. The van der Waals surface area contributed by atoms with Crippen molar-refractivity contribution in [1.82, 2.24) is 21.3 Å². The fourth-order valence-electron chi connectivity index (χ4n) is 5.87. The number of alkyl carbamates (subject to hydrolysis) is 1. The molecular formula is C37H49N4O12P. The van der Waals surface area contributed by atoms with E-state index in [9.17, 15) is 43.5 Å². The topological polar surface area (TPSA) is 236 Å². The van der Waals surface area contributed by atoms with Crippen LogP contribution < -0.4 is 21.3 Å². The van der Waals surface area contributed by atoms with Crippen molar-refractivity contribution in [3.8, 4) is 0 Å². The summed E-state index contributed by atoms with van der Waals surface area (Å²) in [6.07, 6.45) is -0.846. The maximum atomic E-state index is 14.1. The van der Waals surface area contributed by atoms with E-state index in [2.05, 4.69) is 21.3 Å². The van der Waals surface area contributed by atoms with Gasteiger partial charge in [-0.15, -0.1) is 0 Å². The molecule has 6 N–H and O–H groups in total. The number of hydrogen-bond acceptors (Lipinski definition) is 10. The summed E-state index contributed by atoms with van der Waals surface area (Å²) in [4.78, 5) is 77.5. The van der Waals surface area contributed by atoms with E-state index in [4.69, 9.17) is 13.8 Å². The first-order valence-electron chi connectivity index (χ1n) is 17.6. The average molecular weight is 773 g/mol. The number of benzene rings is 2. The zero-order valence-electron chi connectivity index (χ0n) is 30.7. The Morgan fingerprint density at radius 2 is 1.41 bits per heavy atom. The second-order valence-corrected chi connectivity index (χ2v) is 15.0. The number of hydrogen-bond donors (Lipinski definition) is 6. The number of rotatable bonds is 21. The minimum atomic E-state index is -3.64. The van der Waals surface area contributed by atoms with Gasteiger partial charge in [-0.1, -0.05) is 74.5 Å². The van der Waals surface area contributed by atoms with Crippen LogP contribution in [0.4, 0.5) is 4.79 Å². The molecular weight excluding hydrogens is 723 g/mol. The number of carbonyl (C=O) groups is 6. The summed E-state index contributed by atoms with van der Waals surface area (Å²) in [7, 11) is -3.64. The Morgan fingerprint density at radius 3 is 1.94 bits per heavy atom. The number of allylic oxidation sites excluding steroid dienone is 1. The number of carbonyl (C=O) groups excluding carboxylic acids is 4. The third kappa shape index (κ3) is 13.7. The van der Waals surface area contributed by atoms with Gasteiger partial charge in [-0.05, 0) is 55.2 Å². The maximum absolute atomic E-state index is 14.1. The van der Waals surface area contributed by atoms with E-state index < -0.39 is 86.2 Å². The number of aliphatic carboxylic acids is 2. The summed E-state index contributed by atoms with van der Waals surface area (Å²) in [6, 6.07) is 12.0. The van der Waals surface area contributed by atoms with Crippen LogP contribution in [-0.2, 0) is 61.8 Å². The van der Waals surface area contributed by atoms with E-state index in [1.807, 2.05) is 24.3 Å². The van der Waals surface area contributed by atoms with Crippen molar-refractivity contribution in [3.05, 3.63) is 83.1 Å². The summed E-state index contributed by atoms with van der Waals surface area (Å²) < 4.78 is 28.7. The third-order valence-corrected chi connectivity index (χ3v) is 10.4. The van der Waals surface area contributed by atoms with Crippen LogP contribution in [0.3, 0.4) is 0 Å². The summed E-state index contributed by atoms with van der Waals surface area (Å²) in [5.74, 6) is -6.26. The van der Waals surface area contributed by atoms with Crippen molar-refractivity contribution in [2.24, 2.45) is 11.8 Å². The molecule has 2 aromatic carbocycles. The van der Waals surface area contributed by atoms with E-state index in [1.54, 1.807) is 58.0 Å². The molecule has 2 aromatic rings. The minimum Gasteiger partial charge on any atom is -0.481 e.